The van der Waals surface area contributed by atoms with E-state index in [-0.39, 0.29) is 0 Å². The summed E-state index contributed by atoms with van der Waals surface area (Å²) < 4.78 is 22.0. The van der Waals surface area contributed by atoms with Crippen LogP contribution in [0.2, 0.25) is 6.04 Å². The Labute approximate surface area is 140 Å². The van der Waals surface area contributed by atoms with Gasteiger partial charge < -0.3 is 28.4 Å². The lowest BCUT2D eigenvalue weighted by Crippen LogP contribution is -2.46. The smallest absolute Gasteiger partial charge is 0.433 e. The van der Waals surface area contributed by atoms with Crippen LogP contribution in [0.3, 0.4) is 0 Å². The lowest BCUT2D eigenvalue weighted by Gasteiger charge is -2.28. The van der Waals surface area contributed by atoms with Gasteiger partial charge in [0.2, 0.25) is 6.29 Å². The number of nitrogens with one attached hydrogen (secondary N) is 1. The number of hydrogen-bond acceptors (Lipinski definition) is 7. The molecule has 0 rings (SSSR count). The molecule has 0 saturated carbocycles. The molecule has 0 radical (unpaired) electrons. The molecular weight excluding hydrogens is 318 g/mol. The van der Waals surface area contributed by atoms with Gasteiger partial charge in [0.25, 0.3) is 0 Å². The first-order valence-corrected chi connectivity index (χ1v) is 10.1. The number of ether oxygens (including phenoxy) is 1. The molecule has 8 heteroatoms. The molecule has 0 aromatic heterocycles. The minimum Gasteiger partial charge on any atom is -0.433 e. The van der Waals surface area contributed by atoms with Crippen molar-refractivity contribution < 1.29 is 27.9 Å². The van der Waals surface area contributed by atoms with Crippen LogP contribution in [-0.2, 0) is 22.8 Å². The first-order chi connectivity index (χ1) is 11.0. The van der Waals surface area contributed by atoms with Gasteiger partial charge >= 0.3 is 14.8 Å². The fourth-order valence-corrected chi connectivity index (χ4v) is 4.64. The molecule has 0 aromatic rings. The van der Waals surface area contributed by atoms with Crippen molar-refractivity contribution in [1.82, 2.24) is 5.32 Å². The topological polar surface area (TPSA) is 86.3 Å². The van der Waals surface area contributed by atoms with Crippen LogP contribution in [0.15, 0.2) is 12.7 Å². The Morgan fingerprint density at radius 3 is 2.22 bits per heavy atom. The standard InChI is InChI=1S/C15H31NO6Si/c1-5-14(17)22-15(18)10-12-16-11-9-13-23(19-6-2,20-7-3)21-8-4/h5,15-16,18H,1,6-13H2,2-4H3. The molecule has 0 heterocycles. The molecule has 23 heavy (non-hydrogen) atoms. The number of carbonyl (C=O) groups excluding carboxylic acids is 1. The van der Waals surface area contributed by atoms with Crippen molar-refractivity contribution in [2.45, 2.75) is 45.9 Å². The quantitative estimate of drug-likeness (QED) is 0.152. The monoisotopic (exact) mass is 349 g/mol. The average molecular weight is 350 g/mol. The number of aliphatic hydroxyl groups is 1. The van der Waals surface area contributed by atoms with Crippen molar-refractivity contribution in [1.29, 1.82) is 0 Å². The molecule has 0 bridgehead atoms. The van der Waals surface area contributed by atoms with Gasteiger partial charge in [-0.3, -0.25) is 0 Å². The fraction of sp³-hybridized carbons (Fsp3) is 0.800. The predicted octanol–water partition coefficient (Wildman–Crippen LogP) is 1.45. The van der Waals surface area contributed by atoms with Gasteiger partial charge in [0.15, 0.2) is 0 Å². The first-order valence-electron chi connectivity index (χ1n) is 8.17. The molecule has 7 nitrogen and oxygen atoms in total. The molecule has 0 saturated heterocycles. The molecular formula is C15H31NO6Si. The van der Waals surface area contributed by atoms with Gasteiger partial charge in [0.05, 0.1) is 0 Å². The molecule has 0 spiro atoms. The number of aliphatic hydroxyl groups excluding tert-OH is 1. The molecule has 0 aliphatic carbocycles. The van der Waals surface area contributed by atoms with E-state index in [4.69, 9.17) is 13.3 Å². The Morgan fingerprint density at radius 2 is 1.74 bits per heavy atom. The zero-order valence-corrected chi connectivity index (χ0v) is 15.5. The van der Waals surface area contributed by atoms with E-state index in [0.717, 1.165) is 25.1 Å². The second-order valence-corrected chi connectivity index (χ2v) is 7.45. The minimum atomic E-state index is -2.57. The van der Waals surface area contributed by atoms with Gasteiger partial charge in [-0.15, -0.1) is 0 Å². The van der Waals surface area contributed by atoms with E-state index in [2.05, 4.69) is 16.6 Å². The summed E-state index contributed by atoms with van der Waals surface area (Å²) in [5.74, 6) is -0.626. The lowest BCUT2D eigenvalue weighted by molar-refractivity contribution is -0.162. The van der Waals surface area contributed by atoms with Gasteiger partial charge in [-0.2, -0.15) is 0 Å². The molecule has 0 fully saturated rings. The molecule has 2 N–H and O–H groups in total. The number of rotatable bonds is 15. The number of hydrogen-bond donors (Lipinski definition) is 2. The van der Waals surface area contributed by atoms with Gasteiger partial charge in [0, 0.05) is 44.9 Å². The van der Waals surface area contributed by atoms with E-state index in [1.165, 1.54) is 0 Å². The molecule has 0 aliphatic rings. The normalized spacial score (nSPS) is 12.9. The zero-order chi connectivity index (χ0) is 17.6. The highest BCUT2D eigenvalue weighted by molar-refractivity contribution is 6.60. The summed E-state index contributed by atoms with van der Waals surface area (Å²) in [5, 5.41) is 12.6. The van der Waals surface area contributed by atoms with Crippen molar-refractivity contribution in [3.63, 3.8) is 0 Å². The molecule has 1 atom stereocenters. The van der Waals surface area contributed by atoms with E-state index >= 15 is 0 Å². The van der Waals surface area contributed by atoms with Crippen LogP contribution < -0.4 is 5.32 Å². The van der Waals surface area contributed by atoms with Gasteiger partial charge in [-0.25, -0.2) is 4.79 Å². The van der Waals surface area contributed by atoms with Crippen LogP contribution in [0.4, 0.5) is 0 Å². The van der Waals surface area contributed by atoms with Crippen molar-refractivity contribution in [2.24, 2.45) is 0 Å². The highest BCUT2D eigenvalue weighted by atomic mass is 28.4. The van der Waals surface area contributed by atoms with Gasteiger partial charge in [-0.05, 0) is 33.7 Å². The Bertz CT molecular complexity index is 312. The molecule has 136 valence electrons. The Balaban J connectivity index is 3.97. The van der Waals surface area contributed by atoms with Crippen LogP contribution in [-0.4, -0.2) is 59.1 Å². The van der Waals surface area contributed by atoms with Crippen LogP contribution in [0.1, 0.15) is 33.6 Å². The average Bonchev–Trinajstić information content (AvgIpc) is 2.51. The third kappa shape index (κ3) is 10.6. The van der Waals surface area contributed by atoms with E-state index in [9.17, 15) is 9.90 Å². The summed E-state index contributed by atoms with van der Waals surface area (Å²) in [5.41, 5.74) is 0. The van der Waals surface area contributed by atoms with Crippen molar-refractivity contribution in [2.75, 3.05) is 32.9 Å². The summed E-state index contributed by atoms with van der Waals surface area (Å²) in [7, 11) is -2.57. The fourth-order valence-electron chi connectivity index (χ4n) is 2.02. The first kappa shape index (κ1) is 22.2. The Hall–Kier alpha value is -0.773. The summed E-state index contributed by atoms with van der Waals surface area (Å²) >= 11 is 0. The SMILES string of the molecule is C=CC(=O)OC(O)CCNCCC[Si](OCC)(OCC)OCC. The highest BCUT2D eigenvalue weighted by Gasteiger charge is 2.39. The van der Waals surface area contributed by atoms with E-state index in [1.54, 1.807) is 0 Å². The predicted molar refractivity (Wildman–Crippen MR) is 89.8 cm³/mol. The Morgan fingerprint density at radius 1 is 1.17 bits per heavy atom. The summed E-state index contributed by atoms with van der Waals surface area (Å²) in [4.78, 5) is 10.9. The summed E-state index contributed by atoms with van der Waals surface area (Å²) in [6.45, 7) is 12.1. The van der Waals surface area contributed by atoms with Crippen molar-refractivity contribution in [3.8, 4) is 0 Å². The molecule has 1 unspecified atom stereocenters. The highest BCUT2D eigenvalue weighted by Crippen LogP contribution is 2.17. The number of esters is 1. The maximum absolute atomic E-state index is 10.9. The summed E-state index contributed by atoms with van der Waals surface area (Å²) in [6.07, 6.45) is 1.08. The van der Waals surface area contributed by atoms with Crippen molar-refractivity contribution in [3.05, 3.63) is 12.7 Å². The van der Waals surface area contributed by atoms with Gasteiger partial charge in [0.1, 0.15) is 0 Å². The molecule has 0 amide bonds. The van der Waals surface area contributed by atoms with Crippen LogP contribution in [0, 0.1) is 0 Å². The van der Waals surface area contributed by atoms with Gasteiger partial charge in [-0.1, -0.05) is 6.58 Å². The van der Waals surface area contributed by atoms with Crippen molar-refractivity contribution >= 4 is 14.8 Å². The second kappa shape index (κ2) is 13.6. The van der Waals surface area contributed by atoms with E-state index in [1.807, 2.05) is 20.8 Å². The summed E-state index contributed by atoms with van der Waals surface area (Å²) in [6, 6.07) is 0.740. The minimum absolute atomic E-state index is 0.324. The molecule has 0 aromatic carbocycles. The van der Waals surface area contributed by atoms with E-state index in [0.29, 0.717) is 32.8 Å². The van der Waals surface area contributed by atoms with E-state index < -0.39 is 21.1 Å². The second-order valence-electron chi connectivity index (χ2n) is 4.72. The third-order valence-corrected chi connectivity index (χ3v) is 6.07. The van der Waals surface area contributed by atoms with Crippen LogP contribution in [0.5, 0.6) is 0 Å². The zero-order valence-electron chi connectivity index (χ0n) is 14.5. The lowest BCUT2D eigenvalue weighted by atomic mass is 10.4. The largest absolute Gasteiger partial charge is 0.500 e. The number of carbonyl (C=O) groups is 1. The Kier molecular flexibility index (Phi) is 13.2. The third-order valence-electron chi connectivity index (χ3n) is 2.92. The molecule has 0 aliphatic heterocycles. The van der Waals surface area contributed by atoms with Crippen LogP contribution in [0.25, 0.3) is 0 Å². The van der Waals surface area contributed by atoms with Crippen LogP contribution >= 0.6 is 0 Å². The maximum Gasteiger partial charge on any atom is 0.500 e. The maximum atomic E-state index is 10.9.